The molecule has 106 valence electrons. The zero-order valence-corrected chi connectivity index (χ0v) is 12.6. The molecule has 2 N–H and O–H groups in total. The second-order valence-electron chi connectivity index (χ2n) is 5.45. The number of hydrogen-bond acceptors (Lipinski definition) is 2. The van der Waals surface area contributed by atoms with Crippen LogP contribution in [-0.4, -0.2) is 7.05 Å². The minimum absolute atomic E-state index is 0.145. The third kappa shape index (κ3) is 3.61. The van der Waals surface area contributed by atoms with Crippen LogP contribution in [-0.2, 0) is 6.54 Å². The highest BCUT2D eigenvalue weighted by atomic mass is 15.1. The molecule has 0 fully saturated rings. The molecule has 0 aliphatic heterocycles. The Hall–Kier alpha value is -1.80. The summed E-state index contributed by atoms with van der Waals surface area (Å²) in [6.07, 6.45) is 0.971. The average Bonchev–Trinajstić information content (AvgIpc) is 2.49. The van der Waals surface area contributed by atoms with Crippen molar-refractivity contribution in [2.45, 2.75) is 32.9 Å². The molecule has 0 heterocycles. The Kier molecular flexibility index (Phi) is 4.80. The first-order valence-corrected chi connectivity index (χ1v) is 7.22. The summed E-state index contributed by atoms with van der Waals surface area (Å²) in [7, 11) is 2.12. The number of nitrogens with two attached hydrogens (primary N) is 1. The summed E-state index contributed by atoms with van der Waals surface area (Å²) in [5.74, 6) is 0. The quantitative estimate of drug-likeness (QED) is 0.886. The number of rotatable bonds is 5. The fraction of sp³-hybridized carbons (Fsp3) is 0.333. The second-order valence-corrected chi connectivity index (χ2v) is 5.45. The molecule has 0 aliphatic carbocycles. The summed E-state index contributed by atoms with van der Waals surface area (Å²) in [6, 6.07) is 17.4. The van der Waals surface area contributed by atoms with E-state index in [0.717, 1.165) is 13.0 Å². The van der Waals surface area contributed by atoms with E-state index in [1.807, 2.05) is 0 Å². The molecule has 0 saturated carbocycles. The minimum atomic E-state index is 0.145. The largest absolute Gasteiger partial charge is 0.370 e. The van der Waals surface area contributed by atoms with Gasteiger partial charge >= 0.3 is 0 Å². The Labute approximate surface area is 122 Å². The zero-order chi connectivity index (χ0) is 14.5. The number of benzene rings is 2. The van der Waals surface area contributed by atoms with Gasteiger partial charge < -0.3 is 10.6 Å². The number of anilines is 1. The van der Waals surface area contributed by atoms with Crippen molar-refractivity contribution in [1.82, 2.24) is 0 Å². The normalized spacial score (nSPS) is 12.2. The molecule has 1 atom stereocenters. The van der Waals surface area contributed by atoms with E-state index in [4.69, 9.17) is 5.73 Å². The highest BCUT2D eigenvalue weighted by Gasteiger charge is 2.05. The van der Waals surface area contributed by atoms with Crippen LogP contribution in [0.25, 0.3) is 0 Å². The molecular weight excluding hydrogens is 244 g/mol. The third-order valence-corrected chi connectivity index (χ3v) is 3.74. The SMILES string of the molecule is CCC(N)c1ccc(N(C)Cc2ccc(C)cc2)cc1. The van der Waals surface area contributed by atoms with Gasteiger partial charge in [0.1, 0.15) is 0 Å². The highest BCUT2D eigenvalue weighted by molar-refractivity contribution is 5.48. The van der Waals surface area contributed by atoms with Gasteiger partial charge in [-0.05, 0) is 36.6 Å². The van der Waals surface area contributed by atoms with Crippen LogP contribution >= 0.6 is 0 Å². The Morgan fingerprint density at radius 3 is 2.15 bits per heavy atom. The van der Waals surface area contributed by atoms with Crippen molar-refractivity contribution in [2.24, 2.45) is 5.73 Å². The van der Waals surface area contributed by atoms with Crippen molar-refractivity contribution in [3.05, 3.63) is 65.2 Å². The Bertz CT molecular complexity index is 528. The van der Waals surface area contributed by atoms with Gasteiger partial charge in [0, 0.05) is 25.3 Å². The lowest BCUT2D eigenvalue weighted by Gasteiger charge is -2.20. The van der Waals surface area contributed by atoms with Crippen molar-refractivity contribution < 1.29 is 0 Å². The first-order valence-electron chi connectivity index (χ1n) is 7.22. The molecule has 0 radical (unpaired) electrons. The van der Waals surface area contributed by atoms with Crippen LogP contribution in [0.3, 0.4) is 0 Å². The molecular formula is C18H24N2. The summed E-state index contributed by atoms with van der Waals surface area (Å²) < 4.78 is 0. The Morgan fingerprint density at radius 1 is 1.00 bits per heavy atom. The van der Waals surface area contributed by atoms with E-state index in [9.17, 15) is 0 Å². The molecule has 0 amide bonds. The van der Waals surface area contributed by atoms with E-state index in [0.29, 0.717) is 0 Å². The molecule has 2 heteroatoms. The molecule has 2 aromatic rings. The molecule has 2 aromatic carbocycles. The maximum Gasteiger partial charge on any atom is 0.0426 e. The van der Waals surface area contributed by atoms with Gasteiger partial charge in [0.2, 0.25) is 0 Å². The van der Waals surface area contributed by atoms with E-state index in [1.165, 1.54) is 22.4 Å². The lowest BCUT2D eigenvalue weighted by atomic mass is 10.0. The third-order valence-electron chi connectivity index (χ3n) is 3.74. The van der Waals surface area contributed by atoms with E-state index in [2.05, 4.69) is 74.3 Å². The monoisotopic (exact) mass is 268 g/mol. The van der Waals surface area contributed by atoms with E-state index >= 15 is 0 Å². The predicted molar refractivity (Wildman–Crippen MR) is 86.9 cm³/mol. The fourth-order valence-corrected chi connectivity index (χ4v) is 2.27. The summed E-state index contributed by atoms with van der Waals surface area (Å²) in [4.78, 5) is 2.26. The van der Waals surface area contributed by atoms with Crippen molar-refractivity contribution in [3.63, 3.8) is 0 Å². The molecule has 0 aliphatic rings. The minimum Gasteiger partial charge on any atom is -0.370 e. The lowest BCUT2D eigenvalue weighted by molar-refractivity contribution is 0.698. The first-order chi connectivity index (χ1) is 9.60. The summed E-state index contributed by atoms with van der Waals surface area (Å²) in [6.45, 7) is 5.14. The Morgan fingerprint density at radius 2 is 1.60 bits per heavy atom. The van der Waals surface area contributed by atoms with Gasteiger partial charge in [-0.2, -0.15) is 0 Å². The number of nitrogens with zero attached hydrogens (tertiary/aromatic N) is 1. The molecule has 0 spiro atoms. The van der Waals surface area contributed by atoms with E-state index in [-0.39, 0.29) is 6.04 Å². The Balaban J connectivity index is 2.05. The molecule has 0 saturated heterocycles. The lowest BCUT2D eigenvalue weighted by Crippen LogP contribution is -2.16. The molecule has 1 unspecified atom stereocenters. The number of aryl methyl sites for hydroxylation is 1. The van der Waals surface area contributed by atoms with Crippen LogP contribution < -0.4 is 10.6 Å². The van der Waals surface area contributed by atoms with Crippen LogP contribution in [0.4, 0.5) is 5.69 Å². The number of hydrogen-bond donors (Lipinski definition) is 1. The fourth-order valence-electron chi connectivity index (χ4n) is 2.27. The molecule has 20 heavy (non-hydrogen) atoms. The second kappa shape index (κ2) is 6.58. The predicted octanol–water partition coefficient (Wildman–Crippen LogP) is 4.04. The maximum atomic E-state index is 6.04. The standard InChI is InChI=1S/C18H24N2/c1-4-18(19)16-9-11-17(12-10-16)20(3)13-15-7-5-14(2)6-8-15/h5-12,18H,4,13,19H2,1-3H3. The highest BCUT2D eigenvalue weighted by Crippen LogP contribution is 2.20. The maximum absolute atomic E-state index is 6.04. The van der Waals surface area contributed by atoms with Crippen molar-refractivity contribution in [2.75, 3.05) is 11.9 Å². The molecule has 0 bridgehead atoms. The zero-order valence-electron chi connectivity index (χ0n) is 12.6. The average molecular weight is 268 g/mol. The summed E-state index contributed by atoms with van der Waals surface area (Å²) >= 11 is 0. The van der Waals surface area contributed by atoms with Crippen molar-refractivity contribution >= 4 is 5.69 Å². The summed E-state index contributed by atoms with van der Waals surface area (Å²) in [5, 5.41) is 0. The topological polar surface area (TPSA) is 29.3 Å². The van der Waals surface area contributed by atoms with Crippen LogP contribution in [0.2, 0.25) is 0 Å². The van der Waals surface area contributed by atoms with Gasteiger partial charge in [-0.1, -0.05) is 48.9 Å². The first kappa shape index (κ1) is 14.6. The van der Waals surface area contributed by atoms with E-state index < -0.39 is 0 Å². The van der Waals surface area contributed by atoms with E-state index in [1.54, 1.807) is 0 Å². The van der Waals surface area contributed by atoms with Crippen molar-refractivity contribution in [3.8, 4) is 0 Å². The van der Waals surface area contributed by atoms with Crippen LogP contribution in [0.15, 0.2) is 48.5 Å². The molecule has 2 nitrogen and oxygen atoms in total. The van der Waals surface area contributed by atoms with Gasteiger partial charge in [0.05, 0.1) is 0 Å². The molecule has 0 aromatic heterocycles. The van der Waals surface area contributed by atoms with Gasteiger partial charge in [-0.25, -0.2) is 0 Å². The van der Waals surface area contributed by atoms with Gasteiger partial charge in [-0.15, -0.1) is 0 Å². The van der Waals surface area contributed by atoms with Crippen LogP contribution in [0, 0.1) is 6.92 Å². The van der Waals surface area contributed by atoms with Crippen LogP contribution in [0.5, 0.6) is 0 Å². The van der Waals surface area contributed by atoms with Gasteiger partial charge in [0.15, 0.2) is 0 Å². The molecule has 2 rings (SSSR count). The van der Waals surface area contributed by atoms with Gasteiger partial charge in [0.25, 0.3) is 0 Å². The van der Waals surface area contributed by atoms with Crippen molar-refractivity contribution in [1.29, 1.82) is 0 Å². The smallest absolute Gasteiger partial charge is 0.0426 e. The summed E-state index contributed by atoms with van der Waals surface area (Å²) in [5.41, 5.74) is 11.1. The van der Waals surface area contributed by atoms with Gasteiger partial charge in [-0.3, -0.25) is 0 Å². The van der Waals surface area contributed by atoms with Crippen LogP contribution in [0.1, 0.15) is 36.1 Å².